The summed E-state index contributed by atoms with van der Waals surface area (Å²) in [6.07, 6.45) is 2.43. The Morgan fingerprint density at radius 2 is 2.06 bits per heavy atom. The SMILES string of the molecule is CNCCC(C)(O)c1cccc2cccnc12. The third-order valence-electron chi connectivity index (χ3n) is 3.07. The monoisotopic (exact) mass is 230 g/mol. The van der Waals surface area contributed by atoms with Crippen LogP contribution in [0.4, 0.5) is 0 Å². The highest BCUT2D eigenvalue weighted by Crippen LogP contribution is 2.29. The third-order valence-corrected chi connectivity index (χ3v) is 3.07. The van der Waals surface area contributed by atoms with E-state index < -0.39 is 5.60 Å². The Labute approximate surface area is 102 Å². The molecule has 0 aliphatic carbocycles. The average Bonchev–Trinajstić information content (AvgIpc) is 2.36. The molecule has 0 aliphatic heterocycles. The van der Waals surface area contributed by atoms with Gasteiger partial charge in [0.25, 0.3) is 0 Å². The van der Waals surface area contributed by atoms with Gasteiger partial charge in [-0.15, -0.1) is 0 Å². The van der Waals surface area contributed by atoms with Gasteiger partial charge in [-0.1, -0.05) is 24.3 Å². The van der Waals surface area contributed by atoms with Gasteiger partial charge >= 0.3 is 0 Å². The predicted octanol–water partition coefficient (Wildman–Crippen LogP) is 2.05. The molecule has 1 unspecified atom stereocenters. The van der Waals surface area contributed by atoms with E-state index in [0.29, 0.717) is 6.42 Å². The van der Waals surface area contributed by atoms with Crippen LogP contribution in [0.25, 0.3) is 10.9 Å². The van der Waals surface area contributed by atoms with Gasteiger partial charge in [-0.25, -0.2) is 0 Å². The van der Waals surface area contributed by atoms with Crippen LogP contribution < -0.4 is 5.32 Å². The quantitative estimate of drug-likeness (QED) is 0.845. The van der Waals surface area contributed by atoms with Crippen LogP contribution in [0.1, 0.15) is 18.9 Å². The van der Waals surface area contributed by atoms with Gasteiger partial charge in [-0.05, 0) is 33.0 Å². The van der Waals surface area contributed by atoms with Gasteiger partial charge in [0.1, 0.15) is 0 Å². The molecule has 1 atom stereocenters. The second-order valence-electron chi connectivity index (χ2n) is 4.51. The first-order chi connectivity index (χ1) is 8.15. The van der Waals surface area contributed by atoms with E-state index in [9.17, 15) is 5.11 Å². The van der Waals surface area contributed by atoms with Crippen LogP contribution in [0.2, 0.25) is 0 Å². The Hall–Kier alpha value is -1.45. The van der Waals surface area contributed by atoms with E-state index in [0.717, 1.165) is 23.0 Å². The van der Waals surface area contributed by atoms with Gasteiger partial charge in [0.2, 0.25) is 0 Å². The largest absolute Gasteiger partial charge is 0.385 e. The van der Waals surface area contributed by atoms with Gasteiger partial charge < -0.3 is 10.4 Å². The molecule has 0 spiro atoms. The number of para-hydroxylation sites is 1. The fourth-order valence-electron chi connectivity index (χ4n) is 2.04. The molecule has 1 heterocycles. The molecule has 1 aromatic carbocycles. The zero-order chi connectivity index (χ0) is 12.3. The standard InChI is InChI=1S/C14H18N2O/c1-14(17,8-10-15-2)12-7-3-5-11-6-4-9-16-13(11)12/h3-7,9,15,17H,8,10H2,1-2H3. The normalized spacial score (nSPS) is 14.8. The number of nitrogens with one attached hydrogen (secondary N) is 1. The number of nitrogens with zero attached hydrogens (tertiary/aromatic N) is 1. The number of hydrogen-bond donors (Lipinski definition) is 2. The predicted molar refractivity (Wildman–Crippen MR) is 69.9 cm³/mol. The highest BCUT2D eigenvalue weighted by molar-refractivity contribution is 5.82. The molecule has 0 amide bonds. The number of benzene rings is 1. The van der Waals surface area contributed by atoms with Crippen molar-refractivity contribution in [2.45, 2.75) is 18.9 Å². The molecule has 0 bridgehead atoms. The summed E-state index contributed by atoms with van der Waals surface area (Å²) in [5.74, 6) is 0. The second kappa shape index (κ2) is 4.82. The fourth-order valence-corrected chi connectivity index (χ4v) is 2.04. The smallest absolute Gasteiger partial charge is 0.0901 e. The third kappa shape index (κ3) is 2.46. The Kier molecular flexibility index (Phi) is 3.41. The molecule has 0 aliphatic rings. The van der Waals surface area contributed by atoms with Crippen LogP contribution in [-0.4, -0.2) is 23.7 Å². The minimum atomic E-state index is -0.850. The molecule has 90 valence electrons. The first kappa shape index (κ1) is 12.0. The number of rotatable bonds is 4. The van der Waals surface area contributed by atoms with Crippen molar-refractivity contribution in [3.05, 3.63) is 42.1 Å². The van der Waals surface area contributed by atoms with Crippen molar-refractivity contribution in [2.75, 3.05) is 13.6 Å². The summed E-state index contributed by atoms with van der Waals surface area (Å²) in [4.78, 5) is 4.38. The van der Waals surface area contributed by atoms with Crippen LogP contribution in [0.5, 0.6) is 0 Å². The average molecular weight is 230 g/mol. The number of fused-ring (bicyclic) bond motifs is 1. The van der Waals surface area contributed by atoms with Crippen molar-refractivity contribution >= 4 is 10.9 Å². The van der Waals surface area contributed by atoms with Gasteiger partial charge in [0.05, 0.1) is 11.1 Å². The fraction of sp³-hybridized carbons (Fsp3) is 0.357. The van der Waals surface area contributed by atoms with E-state index in [4.69, 9.17) is 0 Å². The van der Waals surface area contributed by atoms with Gasteiger partial charge in [0, 0.05) is 17.1 Å². The lowest BCUT2D eigenvalue weighted by Gasteiger charge is -2.24. The molecule has 0 saturated heterocycles. The van der Waals surface area contributed by atoms with Crippen molar-refractivity contribution in [3.63, 3.8) is 0 Å². The van der Waals surface area contributed by atoms with E-state index in [1.807, 2.05) is 44.3 Å². The Morgan fingerprint density at radius 3 is 2.82 bits per heavy atom. The summed E-state index contributed by atoms with van der Waals surface area (Å²) < 4.78 is 0. The van der Waals surface area contributed by atoms with Gasteiger partial charge in [0.15, 0.2) is 0 Å². The first-order valence-corrected chi connectivity index (χ1v) is 5.86. The van der Waals surface area contributed by atoms with Crippen molar-refractivity contribution in [1.29, 1.82) is 0 Å². The highest BCUT2D eigenvalue weighted by atomic mass is 16.3. The molecular weight excluding hydrogens is 212 g/mol. The molecule has 2 aromatic rings. The van der Waals surface area contributed by atoms with Crippen LogP contribution in [0, 0.1) is 0 Å². The lowest BCUT2D eigenvalue weighted by molar-refractivity contribution is 0.0499. The summed E-state index contributed by atoms with van der Waals surface area (Å²) in [6.45, 7) is 2.62. The molecule has 0 fully saturated rings. The van der Waals surface area contributed by atoms with Crippen molar-refractivity contribution < 1.29 is 5.11 Å². The maximum absolute atomic E-state index is 10.5. The number of aromatic nitrogens is 1. The summed E-state index contributed by atoms with van der Waals surface area (Å²) in [6, 6.07) is 9.85. The molecule has 17 heavy (non-hydrogen) atoms. The molecule has 3 heteroatoms. The van der Waals surface area contributed by atoms with Gasteiger partial charge in [-0.2, -0.15) is 0 Å². The molecule has 0 radical (unpaired) electrons. The zero-order valence-electron chi connectivity index (χ0n) is 10.3. The van der Waals surface area contributed by atoms with Gasteiger partial charge in [-0.3, -0.25) is 4.98 Å². The molecule has 3 nitrogen and oxygen atoms in total. The maximum Gasteiger partial charge on any atom is 0.0901 e. The molecular formula is C14H18N2O. The summed E-state index contributed by atoms with van der Waals surface area (Å²) in [7, 11) is 1.89. The minimum Gasteiger partial charge on any atom is -0.385 e. The van der Waals surface area contributed by atoms with Crippen molar-refractivity contribution in [1.82, 2.24) is 10.3 Å². The van der Waals surface area contributed by atoms with Crippen LogP contribution >= 0.6 is 0 Å². The molecule has 2 N–H and O–H groups in total. The van der Waals surface area contributed by atoms with E-state index in [-0.39, 0.29) is 0 Å². The van der Waals surface area contributed by atoms with E-state index >= 15 is 0 Å². The minimum absolute atomic E-state index is 0.666. The van der Waals surface area contributed by atoms with E-state index in [1.165, 1.54) is 0 Å². The highest BCUT2D eigenvalue weighted by Gasteiger charge is 2.24. The maximum atomic E-state index is 10.5. The van der Waals surface area contributed by atoms with Crippen LogP contribution in [0.15, 0.2) is 36.5 Å². The van der Waals surface area contributed by atoms with Crippen molar-refractivity contribution in [3.8, 4) is 0 Å². The number of pyridine rings is 1. The molecule has 1 aromatic heterocycles. The lowest BCUT2D eigenvalue weighted by atomic mass is 9.90. The van der Waals surface area contributed by atoms with Crippen LogP contribution in [-0.2, 0) is 5.60 Å². The number of aliphatic hydroxyl groups is 1. The summed E-state index contributed by atoms with van der Waals surface area (Å²) in [5, 5.41) is 14.7. The Bertz CT molecular complexity index is 503. The topological polar surface area (TPSA) is 45.1 Å². The molecule has 0 saturated carbocycles. The zero-order valence-corrected chi connectivity index (χ0v) is 10.3. The summed E-state index contributed by atoms with van der Waals surface area (Å²) in [5.41, 5.74) is 0.929. The second-order valence-corrected chi connectivity index (χ2v) is 4.51. The summed E-state index contributed by atoms with van der Waals surface area (Å²) >= 11 is 0. The van der Waals surface area contributed by atoms with Crippen LogP contribution in [0.3, 0.4) is 0 Å². The van der Waals surface area contributed by atoms with E-state index in [1.54, 1.807) is 6.20 Å². The lowest BCUT2D eigenvalue weighted by Crippen LogP contribution is -2.26. The van der Waals surface area contributed by atoms with Crippen molar-refractivity contribution in [2.24, 2.45) is 0 Å². The molecule has 2 rings (SSSR count). The number of hydrogen-bond acceptors (Lipinski definition) is 3. The Morgan fingerprint density at radius 1 is 1.29 bits per heavy atom. The Balaban J connectivity index is 2.47. The van der Waals surface area contributed by atoms with E-state index in [2.05, 4.69) is 10.3 Å². The first-order valence-electron chi connectivity index (χ1n) is 5.86.